The van der Waals surface area contributed by atoms with Crippen LogP contribution in [0, 0.1) is 5.82 Å². The standard InChI is InChI=1S/C12H11ClFN3/c1-8(9-2-4-10(13)5-3-9)17-12-15-6-11(14)7-16-12/h2-8H,1H3,(H,15,16,17). The van der Waals surface area contributed by atoms with Gasteiger partial charge in [-0.3, -0.25) is 0 Å². The molecule has 2 rings (SSSR count). The second-order valence-corrected chi connectivity index (χ2v) is 4.08. The van der Waals surface area contributed by atoms with Crippen molar-refractivity contribution in [1.82, 2.24) is 9.97 Å². The number of benzene rings is 1. The van der Waals surface area contributed by atoms with Crippen molar-refractivity contribution in [2.75, 3.05) is 5.32 Å². The van der Waals surface area contributed by atoms with Crippen LogP contribution in [-0.4, -0.2) is 9.97 Å². The van der Waals surface area contributed by atoms with Crippen LogP contribution in [0.3, 0.4) is 0 Å². The Labute approximate surface area is 104 Å². The Morgan fingerprint density at radius 3 is 2.35 bits per heavy atom. The Bertz CT molecular complexity index is 484. The van der Waals surface area contributed by atoms with Crippen LogP contribution in [0.1, 0.15) is 18.5 Å². The van der Waals surface area contributed by atoms with Crippen LogP contribution in [-0.2, 0) is 0 Å². The van der Waals surface area contributed by atoms with Crippen molar-refractivity contribution in [2.24, 2.45) is 0 Å². The Morgan fingerprint density at radius 1 is 1.18 bits per heavy atom. The fraction of sp³-hybridized carbons (Fsp3) is 0.167. The number of anilines is 1. The van der Waals surface area contributed by atoms with E-state index in [1.165, 1.54) is 0 Å². The maximum absolute atomic E-state index is 12.6. The predicted octanol–water partition coefficient (Wildman–Crippen LogP) is 3.44. The lowest BCUT2D eigenvalue weighted by molar-refractivity contribution is 0.613. The topological polar surface area (TPSA) is 37.8 Å². The normalized spacial score (nSPS) is 12.2. The lowest BCUT2D eigenvalue weighted by atomic mass is 10.1. The van der Waals surface area contributed by atoms with Gasteiger partial charge in [-0.1, -0.05) is 23.7 Å². The van der Waals surface area contributed by atoms with Gasteiger partial charge in [-0.05, 0) is 24.6 Å². The quantitative estimate of drug-likeness (QED) is 0.908. The van der Waals surface area contributed by atoms with Gasteiger partial charge in [-0.2, -0.15) is 0 Å². The Balaban J connectivity index is 2.08. The van der Waals surface area contributed by atoms with Crippen molar-refractivity contribution in [3.63, 3.8) is 0 Å². The fourth-order valence-corrected chi connectivity index (χ4v) is 1.54. The Morgan fingerprint density at radius 2 is 1.76 bits per heavy atom. The maximum Gasteiger partial charge on any atom is 0.223 e. The number of hydrogen-bond donors (Lipinski definition) is 1. The van der Waals surface area contributed by atoms with Gasteiger partial charge in [0, 0.05) is 5.02 Å². The van der Waals surface area contributed by atoms with Gasteiger partial charge in [0.2, 0.25) is 5.95 Å². The first-order valence-corrected chi connectivity index (χ1v) is 5.52. The van der Waals surface area contributed by atoms with E-state index in [-0.39, 0.29) is 6.04 Å². The van der Waals surface area contributed by atoms with Gasteiger partial charge in [-0.15, -0.1) is 0 Å². The molecule has 0 aliphatic heterocycles. The van der Waals surface area contributed by atoms with Crippen molar-refractivity contribution in [3.05, 3.63) is 53.1 Å². The Hall–Kier alpha value is -1.68. The summed E-state index contributed by atoms with van der Waals surface area (Å²) in [6.07, 6.45) is 2.26. The first-order chi connectivity index (χ1) is 8.15. The highest BCUT2D eigenvalue weighted by molar-refractivity contribution is 6.30. The molecule has 1 aromatic heterocycles. The molecule has 1 N–H and O–H groups in total. The summed E-state index contributed by atoms with van der Waals surface area (Å²) in [7, 11) is 0. The molecule has 17 heavy (non-hydrogen) atoms. The van der Waals surface area contributed by atoms with Gasteiger partial charge < -0.3 is 5.32 Å². The first kappa shape index (κ1) is 11.8. The van der Waals surface area contributed by atoms with Gasteiger partial charge in [0.25, 0.3) is 0 Å². The first-order valence-electron chi connectivity index (χ1n) is 5.14. The Kier molecular flexibility index (Phi) is 3.54. The summed E-state index contributed by atoms with van der Waals surface area (Å²) < 4.78 is 12.6. The second-order valence-electron chi connectivity index (χ2n) is 3.64. The molecule has 1 aromatic carbocycles. The summed E-state index contributed by atoms with van der Waals surface area (Å²) in [4.78, 5) is 7.68. The zero-order valence-electron chi connectivity index (χ0n) is 9.19. The highest BCUT2D eigenvalue weighted by Gasteiger charge is 2.06. The van der Waals surface area contributed by atoms with Crippen LogP contribution in [0.15, 0.2) is 36.7 Å². The molecule has 2 aromatic rings. The minimum absolute atomic E-state index is 0.0257. The van der Waals surface area contributed by atoms with Crippen molar-refractivity contribution in [1.29, 1.82) is 0 Å². The van der Waals surface area contributed by atoms with Gasteiger partial charge >= 0.3 is 0 Å². The lowest BCUT2D eigenvalue weighted by Crippen LogP contribution is -2.09. The van der Waals surface area contributed by atoms with Crippen molar-refractivity contribution in [3.8, 4) is 0 Å². The molecule has 1 unspecified atom stereocenters. The van der Waals surface area contributed by atoms with Crippen LogP contribution in [0.4, 0.5) is 10.3 Å². The van der Waals surface area contributed by atoms with E-state index in [1.54, 1.807) is 0 Å². The van der Waals surface area contributed by atoms with Crippen molar-refractivity contribution in [2.45, 2.75) is 13.0 Å². The molecule has 3 nitrogen and oxygen atoms in total. The number of nitrogens with zero attached hydrogens (tertiary/aromatic N) is 2. The molecule has 88 valence electrons. The zero-order valence-corrected chi connectivity index (χ0v) is 9.95. The van der Waals surface area contributed by atoms with Crippen LogP contribution < -0.4 is 5.32 Å². The average Bonchev–Trinajstić information content (AvgIpc) is 2.33. The molecule has 0 aliphatic rings. The summed E-state index contributed by atoms with van der Waals surface area (Å²) in [5.41, 5.74) is 1.06. The average molecular weight is 252 g/mol. The van der Waals surface area contributed by atoms with Gasteiger partial charge in [0.05, 0.1) is 18.4 Å². The highest BCUT2D eigenvalue weighted by Crippen LogP contribution is 2.18. The molecule has 1 atom stereocenters. The van der Waals surface area contributed by atoms with Gasteiger partial charge in [0.1, 0.15) is 0 Å². The third-order valence-electron chi connectivity index (χ3n) is 2.34. The van der Waals surface area contributed by atoms with Crippen LogP contribution >= 0.6 is 11.6 Å². The SMILES string of the molecule is CC(Nc1ncc(F)cn1)c1ccc(Cl)cc1. The van der Waals surface area contributed by atoms with E-state index in [0.717, 1.165) is 18.0 Å². The van der Waals surface area contributed by atoms with E-state index < -0.39 is 5.82 Å². The molecule has 0 fully saturated rings. The molecule has 0 bridgehead atoms. The molecule has 5 heteroatoms. The number of hydrogen-bond acceptors (Lipinski definition) is 3. The summed E-state index contributed by atoms with van der Waals surface area (Å²) in [6.45, 7) is 1.97. The molecular weight excluding hydrogens is 241 g/mol. The van der Waals surface area contributed by atoms with Crippen molar-refractivity contribution < 1.29 is 4.39 Å². The minimum atomic E-state index is -0.449. The molecule has 1 heterocycles. The summed E-state index contributed by atoms with van der Waals surface area (Å²) in [5.74, 6) is -0.0523. The molecule has 0 amide bonds. The van der Waals surface area contributed by atoms with E-state index in [4.69, 9.17) is 11.6 Å². The van der Waals surface area contributed by atoms with Crippen LogP contribution in [0.25, 0.3) is 0 Å². The molecule has 0 aliphatic carbocycles. The minimum Gasteiger partial charge on any atom is -0.348 e. The number of aromatic nitrogens is 2. The maximum atomic E-state index is 12.6. The third-order valence-corrected chi connectivity index (χ3v) is 2.59. The molecular formula is C12H11ClFN3. The molecule has 0 saturated carbocycles. The van der Waals surface area contributed by atoms with Crippen LogP contribution in [0.5, 0.6) is 0 Å². The van der Waals surface area contributed by atoms with E-state index in [9.17, 15) is 4.39 Å². The number of halogens is 2. The number of nitrogens with one attached hydrogen (secondary N) is 1. The smallest absolute Gasteiger partial charge is 0.223 e. The molecule has 0 saturated heterocycles. The van der Waals surface area contributed by atoms with Gasteiger partial charge in [0.15, 0.2) is 5.82 Å². The van der Waals surface area contributed by atoms with Crippen molar-refractivity contribution >= 4 is 17.5 Å². The lowest BCUT2D eigenvalue weighted by Gasteiger charge is -2.13. The second kappa shape index (κ2) is 5.10. The summed E-state index contributed by atoms with van der Waals surface area (Å²) in [5, 5.41) is 3.77. The van der Waals surface area contributed by atoms with E-state index >= 15 is 0 Å². The third kappa shape index (κ3) is 3.14. The van der Waals surface area contributed by atoms with Crippen LogP contribution in [0.2, 0.25) is 5.02 Å². The summed E-state index contributed by atoms with van der Waals surface area (Å²) in [6, 6.07) is 7.51. The summed E-state index contributed by atoms with van der Waals surface area (Å²) >= 11 is 5.81. The van der Waals surface area contributed by atoms with E-state index in [2.05, 4.69) is 15.3 Å². The molecule has 0 spiro atoms. The highest BCUT2D eigenvalue weighted by atomic mass is 35.5. The van der Waals surface area contributed by atoms with Gasteiger partial charge in [-0.25, -0.2) is 14.4 Å². The largest absolute Gasteiger partial charge is 0.348 e. The van der Waals surface area contributed by atoms with E-state index in [0.29, 0.717) is 11.0 Å². The fourth-order valence-electron chi connectivity index (χ4n) is 1.42. The molecule has 0 radical (unpaired) electrons. The predicted molar refractivity (Wildman–Crippen MR) is 65.5 cm³/mol. The zero-order chi connectivity index (χ0) is 12.3. The van der Waals surface area contributed by atoms with E-state index in [1.807, 2.05) is 31.2 Å². The monoisotopic (exact) mass is 251 g/mol. The number of rotatable bonds is 3.